The Bertz CT molecular complexity index is 487. The zero-order chi connectivity index (χ0) is 13.2. The van der Waals surface area contributed by atoms with Gasteiger partial charge in [0.1, 0.15) is 5.75 Å². The van der Waals surface area contributed by atoms with Crippen molar-refractivity contribution >= 4 is 6.09 Å². The first-order valence-electron chi connectivity index (χ1n) is 7.06. The molecule has 0 saturated carbocycles. The van der Waals surface area contributed by atoms with Crippen molar-refractivity contribution in [3.8, 4) is 5.75 Å². The Morgan fingerprint density at radius 3 is 2.95 bits per heavy atom. The Morgan fingerprint density at radius 1 is 1.26 bits per heavy atom. The Labute approximate surface area is 113 Å². The third-order valence-corrected chi connectivity index (χ3v) is 3.99. The second-order valence-corrected chi connectivity index (χ2v) is 5.50. The molecule has 3 rings (SSSR count). The van der Waals surface area contributed by atoms with E-state index in [0.717, 1.165) is 32.2 Å². The molecule has 1 heterocycles. The first kappa shape index (κ1) is 12.5. The van der Waals surface area contributed by atoms with Crippen molar-refractivity contribution in [3.05, 3.63) is 29.3 Å². The molecule has 1 unspecified atom stereocenters. The number of hydrogen-bond acceptors (Lipinski definition) is 3. The van der Waals surface area contributed by atoms with Crippen molar-refractivity contribution < 1.29 is 9.53 Å². The minimum Gasteiger partial charge on any atom is -0.410 e. The lowest BCUT2D eigenvalue weighted by Crippen LogP contribution is -2.46. The molecule has 1 saturated heterocycles. The molecule has 4 heteroatoms. The first-order chi connectivity index (χ1) is 9.22. The summed E-state index contributed by atoms with van der Waals surface area (Å²) in [5.41, 5.74) is 8.59. The number of ether oxygens (including phenoxy) is 1. The lowest BCUT2D eigenvalue weighted by Gasteiger charge is -2.29. The predicted octanol–water partition coefficient (Wildman–Crippen LogP) is 2.10. The monoisotopic (exact) mass is 260 g/mol. The lowest BCUT2D eigenvalue weighted by molar-refractivity contribution is 0.137. The third-order valence-electron chi connectivity index (χ3n) is 3.99. The second kappa shape index (κ2) is 5.21. The lowest BCUT2D eigenvalue weighted by atomic mass is 10.1. The van der Waals surface area contributed by atoms with Crippen LogP contribution < -0.4 is 10.5 Å². The Balaban J connectivity index is 1.66. The van der Waals surface area contributed by atoms with E-state index in [2.05, 4.69) is 6.07 Å². The first-order valence-corrected chi connectivity index (χ1v) is 7.06. The highest BCUT2D eigenvalue weighted by atomic mass is 16.6. The Hall–Kier alpha value is -1.55. The van der Waals surface area contributed by atoms with Crippen LogP contribution in [-0.2, 0) is 12.8 Å². The molecular formula is C15H20N2O2. The summed E-state index contributed by atoms with van der Waals surface area (Å²) in [6.45, 7) is 1.35. The van der Waals surface area contributed by atoms with Gasteiger partial charge in [-0.05, 0) is 55.4 Å². The van der Waals surface area contributed by atoms with Crippen molar-refractivity contribution in [1.29, 1.82) is 0 Å². The zero-order valence-corrected chi connectivity index (χ0v) is 11.1. The van der Waals surface area contributed by atoms with E-state index < -0.39 is 0 Å². The number of hydrogen-bond donors (Lipinski definition) is 1. The van der Waals surface area contributed by atoms with Gasteiger partial charge in [-0.25, -0.2) is 4.79 Å². The molecular weight excluding hydrogens is 240 g/mol. The highest BCUT2D eigenvalue weighted by Gasteiger charge is 2.23. The number of aryl methyl sites for hydroxylation is 2. The van der Waals surface area contributed by atoms with Gasteiger partial charge in [-0.1, -0.05) is 6.07 Å². The predicted molar refractivity (Wildman–Crippen MR) is 73.3 cm³/mol. The maximum atomic E-state index is 12.1. The van der Waals surface area contributed by atoms with E-state index in [-0.39, 0.29) is 12.1 Å². The summed E-state index contributed by atoms with van der Waals surface area (Å²) >= 11 is 0. The van der Waals surface area contributed by atoms with Crippen molar-refractivity contribution in [2.45, 2.75) is 38.1 Å². The van der Waals surface area contributed by atoms with Gasteiger partial charge in [0.05, 0.1) is 0 Å². The standard InChI is InChI=1S/C15H20N2O2/c16-13-5-2-8-17(10-13)15(18)19-14-7-6-11-3-1-4-12(11)9-14/h6-7,9,13H,1-5,8,10,16H2. The molecule has 1 aliphatic carbocycles. The average Bonchev–Trinajstić information content (AvgIpc) is 2.86. The highest BCUT2D eigenvalue weighted by Crippen LogP contribution is 2.26. The topological polar surface area (TPSA) is 55.6 Å². The van der Waals surface area contributed by atoms with Gasteiger partial charge in [0.25, 0.3) is 0 Å². The van der Waals surface area contributed by atoms with Crippen molar-refractivity contribution in [2.24, 2.45) is 5.73 Å². The summed E-state index contributed by atoms with van der Waals surface area (Å²) in [6.07, 6.45) is 5.12. The normalized spacial score (nSPS) is 22.2. The minimum absolute atomic E-state index is 0.0846. The Kier molecular flexibility index (Phi) is 3.42. The summed E-state index contributed by atoms with van der Waals surface area (Å²) in [7, 11) is 0. The van der Waals surface area contributed by atoms with Crippen LogP contribution in [0.5, 0.6) is 5.75 Å². The molecule has 1 aromatic rings. The SMILES string of the molecule is NC1CCCN(C(=O)Oc2ccc3c(c2)CCC3)C1. The van der Waals surface area contributed by atoms with E-state index in [1.165, 1.54) is 17.5 Å². The smallest absolute Gasteiger partial charge is 0.410 e. The molecule has 1 fully saturated rings. The van der Waals surface area contributed by atoms with Crippen LogP contribution in [0.1, 0.15) is 30.4 Å². The van der Waals surface area contributed by atoms with Gasteiger partial charge >= 0.3 is 6.09 Å². The number of fused-ring (bicyclic) bond motifs is 1. The molecule has 0 spiro atoms. The van der Waals surface area contributed by atoms with Crippen LogP contribution in [0.4, 0.5) is 4.79 Å². The number of nitrogens with two attached hydrogens (primary N) is 1. The van der Waals surface area contributed by atoms with Crippen molar-refractivity contribution in [2.75, 3.05) is 13.1 Å². The molecule has 1 atom stereocenters. The number of benzene rings is 1. The van der Waals surface area contributed by atoms with Crippen LogP contribution in [0.15, 0.2) is 18.2 Å². The summed E-state index contributed by atoms with van der Waals surface area (Å²) < 4.78 is 5.46. The van der Waals surface area contributed by atoms with Gasteiger partial charge in [-0.3, -0.25) is 0 Å². The van der Waals surface area contributed by atoms with Crippen molar-refractivity contribution in [3.63, 3.8) is 0 Å². The van der Waals surface area contributed by atoms with E-state index in [1.807, 2.05) is 12.1 Å². The van der Waals surface area contributed by atoms with Gasteiger partial charge in [-0.2, -0.15) is 0 Å². The molecule has 0 aromatic heterocycles. The van der Waals surface area contributed by atoms with Crippen LogP contribution in [0.3, 0.4) is 0 Å². The fourth-order valence-corrected chi connectivity index (χ4v) is 2.95. The van der Waals surface area contributed by atoms with E-state index in [4.69, 9.17) is 10.5 Å². The fourth-order valence-electron chi connectivity index (χ4n) is 2.95. The molecule has 1 aromatic carbocycles. The Morgan fingerprint density at radius 2 is 2.11 bits per heavy atom. The number of piperidine rings is 1. The number of nitrogens with zero attached hydrogens (tertiary/aromatic N) is 1. The van der Waals surface area contributed by atoms with Gasteiger partial charge in [-0.15, -0.1) is 0 Å². The summed E-state index contributed by atoms with van der Waals surface area (Å²) in [5, 5.41) is 0. The maximum Gasteiger partial charge on any atom is 0.415 e. The molecule has 102 valence electrons. The van der Waals surface area contributed by atoms with E-state index in [9.17, 15) is 4.79 Å². The van der Waals surface area contributed by atoms with Gasteiger partial charge in [0.2, 0.25) is 0 Å². The average molecular weight is 260 g/mol. The molecule has 0 bridgehead atoms. The number of rotatable bonds is 1. The van der Waals surface area contributed by atoms with Crippen LogP contribution in [0.2, 0.25) is 0 Å². The van der Waals surface area contributed by atoms with Crippen LogP contribution in [0, 0.1) is 0 Å². The van der Waals surface area contributed by atoms with E-state index in [0.29, 0.717) is 12.3 Å². The number of carbonyl (C=O) groups excluding carboxylic acids is 1. The molecule has 19 heavy (non-hydrogen) atoms. The number of likely N-dealkylation sites (tertiary alicyclic amines) is 1. The second-order valence-electron chi connectivity index (χ2n) is 5.50. The quantitative estimate of drug-likeness (QED) is 0.841. The molecule has 2 N–H and O–H groups in total. The van der Waals surface area contributed by atoms with E-state index >= 15 is 0 Å². The summed E-state index contributed by atoms with van der Waals surface area (Å²) in [4.78, 5) is 13.8. The third kappa shape index (κ3) is 2.73. The fraction of sp³-hybridized carbons (Fsp3) is 0.533. The van der Waals surface area contributed by atoms with Crippen molar-refractivity contribution in [1.82, 2.24) is 4.90 Å². The zero-order valence-electron chi connectivity index (χ0n) is 11.1. The summed E-state index contributed by atoms with van der Waals surface area (Å²) in [5.74, 6) is 0.657. The van der Waals surface area contributed by atoms with E-state index in [1.54, 1.807) is 4.90 Å². The molecule has 1 amide bonds. The largest absolute Gasteiger partial charge is 0.415 e. The molecule has 2 aliphatic rings. The van der Waals surface area contributed by atoms with Crippen LogP contribution in [-0.4, -0.2) is 30.1 Å². The van der Waals surface area contributed by atoms with Crippen LogP contribution >= 0.6 is 0 Å². The summed E-state index contributed by atoms with van der Waals surface area (Å²) in [6, 6.07) is 6.06. The molecule has 1 aliphatic heterocycles. The van der Waals surface area contributed by atoms with Gasteiger partial charge in [0, 0.05) is 19.1 Å². The van der Waals surface area contributed by atoms with Gasteiger partial charge < -0.3 is 15.4 Å². The van der Waals surface area contributed by atoms with Crippen LogP contribution in [0.25, 0.3) is 0 Å². The minimum atomic E-state index is -0.270. The number of amides is 1. The number of carbonyl (C=O) groups is 1. The maximum absolute atomic E-state index is 12.1. The molecule has 4 nitrogen and oxygen atoms in total. The van der Waals surface area contributed by atoms with Gasteiger partial charge in [0.15, 0.2) is 0 Å². The molecule has 0 radical (unpaired) electrons. The highest BCUT2D eigenvalue weighted by molar-refractivity contribution is 5.71.